The SMILES string of the molecule is CC1(C)CCC2(CC1)C[C@@H](C(=O)O)[C@H](c1ccnc(Cl)c1F)[C@]21C(=O)Nc2nc(Cl)ccc21.CCC(=O)[C@@H]1CC[C@@H](CC(=O)[C@@H]2CC3(CCC(C)(C)CC3)[C@@]3(C(=O)Nc4nc(Cl)ccc43)[C@H]2c2ccnc(Cl)c2F)CO1.CCC(=O)[C@@H]1CC[C@@H](N)CO1.Cl. The molecule has 2 amide bonds. The number of halogens is 7. The lowest BCUT2D eigenvalue weighted by atomic mass is 9.51. The van der Waals surface area contributed by atoms with E-state index in [1.807, 2.05) is 19.9 Å². The Morgan fingerprint density at radius 2 is 1.03 bits per heavy atom. The number of ketones is 3. The van der Waals surface area contributed by atoms with Crippen molar-refractivity contribution in [3.8, 4) is 0 Å². The van der Waals surface area contributed by atoms with Gasteiger partial charge in [0.05, 0.1) is 30.0 Å². The van der Waals surface area contributed by atoms with Crippen molar-refractivity contribution >= 4 is 106 Å². The molecule has 476 valence electrons. The molecule has 12 rings (SSSR count). The van der Waals surface area contributed by atoms with Gasteiger partial charge in [0.2, 0.25) is 11.8 Å². The number of carboxylic acid groups (broad SMARTS) is 1. The van der Waals surface area contributed by atoms with Gasteiger partial charge < -0.3 is 30.9 Å². The van der Waals surface area contributed by atoms with Crippen molar-refractivity contribution in [1.82, 2.24) is 19.9 Å². The van der Waals surface area contributed by atoms with Gasteiger partial charge in [0.1, 0.15) is 39.9 Å². The average molecular weight is 1320 g/mol. The molecular weight excluding hydrogens is 1240 g/mol. The second-order valence-corrected chi connectivity index (χ2v) is 28.6. The molecule has 88 heavy (non-hydrogen) atoms. The van der Waals surface area contributed by atoms with Crippen LogP contribution in [0, 0.1) is 51.0 Å². The minimum absolute atomic E-state index is 0. The van der Waals surface area contributed by atoms with Crippen molar-refractivity contribution in [2.75, 3.05) is 23.8 Å². The molecular formula is C65H78Cl5F2N7O9. The number of aromatic nitrogens is 4. The maximum absolute atomic E-state index is 16.1. The fourth-order valence-corrected chi connectivity index (χ4v) is 17.2. The molecule has 23 heteroatoms. The lowest BCUT2D eigenvalue weighted by Crippen LogP contribution is -2.52. The van der Waals surface area contributed by atoms with Gasteiger partial charge in [-0.1, -0.05) is 100 Å². The molecule has 16 nitrogen and oxygen atoms in total. The van der Waals surface area contributed by atoms with E-state index in [1.165, 1.54) is 18.5 Å². The van der Waals surface area contributed by atoms with Crippen LogP contribution in [0.2, 0.25) is 20.6 Å². The van der Waals surface area contributed by atoms with Crippen molar-refractivity contribution in [2.45, 2.75) is 192 Å². The number of carbonyl (C=O) groups is 6. The summed E-state index contributed by atoms with van der Waals surface area (Å²) in [5, 5.41) is 16.0. The molecule has 8 aliphatic rings. The van der Waals surface area contributed by atoms with E-state index in [2.05, 4.69) is 58.3 Å². The van der Waals surface area contributed by atoms with E-state index in [0.29, 0.717) is 93.8 Å². The molecule has 2 saturated heterocycles. The second-order valence-electron chi connectivity index (χ2n) is 27.1. The first-order chi connectivity index (χ1) is 41.2. The second kappa shape index (κ2) is 26.1. The molecule has 4 aliphatic carbocycles. The molecule has 0 bridgehead atoms. The largest absolute Gasteiger partial charge is 0.481 e. The Labute approximate surface area is 538 Å². The van der Waals surface area contributed by atoms with Gasteiger partial charge in [-0.15, -0.1) is 12.4 Å². The number of anilines is 2. The third kappa shape index (κ3) is 11.9. The monoisotopic (exact) mass is 1310 g/mol. The first-order valence-corrected chi connectivity index (χ1v) is 32.1. The number of fused-ring (bicyclic) bond motifs is 6. The molecule has 5 N–H and O–H groups in total. The zero-order valence-electron chi connectivity index (χ0n) is 50.4. The van der Waals surface area contributed by atoms with E-state index in [0.717, 1.165) is 38.5 Å². The van der Waals surface area contributed by atoms with Crippen LogP contribution in [-0.2, 0) is 49.1 Å². The third-order valence-corrected chi connectivity index (χ3v) is 22.2. The first-order valence-electron chi connectivity index (χ1n) is 30.5. The van der Waals surface area contributed by atoms with Crippen LogP contribution in [0.25, 0.3) is 0 Å². The van der Waals surface area contributed by atoms with Gasteiger partial charge in [-0.05, 0) is 153 Å². The number of hydrogen-bond acceptors (Lipinski definition) is 13. The normalized spacial score (nSPS) is 30.0. The Bertz CT molecular complexity index is 3360. The van der Waals surface area contributed by atoms with Gasteiger partial charge in [-0.3, -0.25) is 28.8 Å². The van der Waals surface area contributed by atoms with E-state index < -0.39 is 69.0 Å². The summed E-state index contributed by atoms with van der Waals surface area (Å²) in [5.41, 5.74) is 3.48. The molecule has 4 aromatic rings. The van der Waals surface area contributed by atoms with Crippen molar-refractivity contribution in [2.24, 2.45) is 45.1 Å². The molecule has 4 spiro atoms. The lowest BCUT2D eigenvalue weighted by Gasteiger charge is -2.50. The molecule has 6 fully saturated rings. The Balaban J connectivity index is 0.000000181. The third-order valence-electron chi connectivity index (χ3n) is 21.2. The van der Waals surface area contributed by atoms with E-state index >= 15 is 8.78 Å². The summed E-state index contributed by atoms with van der Waals surface area (Å²) in [6, 6.07) is 9.98. The van der Waals surface area contributed by atoms with Gasteiger partial charge in [0.15, 0.2) is 33.5 Å². The van der Waals surface area contributed by atoms with Crippen molar-refractivity contribution in [3.63, 3.8) is 0 Å². The average Bonchev–Trinajstić information content (AvgIpc) is 1.53. The highest BCUT2D eigenvalue weighted by molar-refractivity contribution is 6.30. The molecule has 0 radical (unpaired) electrons. The van der Waals surface area contributed by atoms with Gasteiger partial charge in [0, 0.05) is 66.6 Å². The number of carboxylic acids is 1. The number of ether oxygens (including phenoxy) is 2. The fraction of sp³-hybridized carbons (Fsp3) is 0.600. The van der Waals surface area contributed by atoms with Gasteiger partial charge in [0.25, 0.3) is 0 Å². The van der Waals surface area contributed by atoms with E-state index in [1.54, 1.807) is 24.3 Å². The van der Waals surface area contributed by atoms with Crippen LogP contribution in [0.1, 0.15) is 185 Å². The molecule has 10 atom stereocenters. The molecule has 4 aliphatic heterocycles. The number of nitrogens with zero attached hydrogens (tertiary/aromatic N) is 4. The number of amides is 2. The zero-order chi connectivity index (χ0) is 62.8. The number of aliphatic carboxylic acids is 1. The quantitative estimate of drug-likeness (QED) is 0.108. The molecule has 4 saturated carbocycles. The highest BCUT2D eigenvalue weighted by Gasteiger charge is 2.75. The molecule has 0 unspecified atom stereocenters. The molecule has 4 aromatic heterocycles. The van der Waals surface area contributed by atoms with Crippen LogP contribution in [0.5, 0.6) is 0 Å². The van der Waals surface area contributed by atoms with Gasteiger partial charge in [-0.25, -0.2) is 28.7 Å². The highest BCUT2D eigenvalue weighted by Crippen LogP contribution is 2.74. The summed E-state index contributed by atoms with van der Waals surface area (Å²) < 4.78 is 42.6. The summed E-state index contributed by atoms with van der Waals surface area (Å²) >= 11 is 24.7. The van der Waals surface area contributed by atoms with Crippen LogP contribution in [0.15, 0.2) is 48.8 Å². The van der Waals surface area contributed by atoms with Crippen LogP contribution in [-0.4, -0.2) is 91.6 Å². The lowest BCUT2D eigenvalue weighted by molar-refractivity contribution is -0.142. The number of carbonyl (C=O) groups excluding carboxylic acids is 5. The Kier molecular flexibility index (Phi) is 20.0. The molecule has 8 heterocycles. The predicted molar refractivity (Wildman–Crippen MR) is 333 cm³/mol. The van der Waals surface area contributed by atoms with Crippen molar-refractivity contribution in [3.05, 3.63) is 103 Å². The van der Waals surface area contributed by atoms with Gasteiger partial charge >= 0.3 is 5.97 Å². The smallest absolute Gasteiger partial charge is 0.307 e. The van der Waals surface area contributed by atoms with Crippen LogP contribution in [0.3, 0.4) is 0 Å². The van der Waals surface area contributed by atoms with E-state index in [4.69, 9.17) is 61.6 Å². The van der Waals surface area contributed by atoms with Gasteiger partial charge in [-0.2, -0.15) is 0 Å². The summed E-state index contributed by atoms with van der Waals surface area (Å²) in [6.07, 6.45) is 13.3. The van der Waals surface area contributed by atoms with Crippen molar-refractivity contribution < 1.29 is 52.1 Å². The topological polar surface area (TPSA) is 243 Å². The number of nitrogens with two attached hydrogens (primary N) is 1. The first kappa shape index (κ1) is 67.6. The number of pyridine rings is 4. The Morgan fingerprint density at radius 3 is 1.43 bits per heavy atom. The van der Waals surface area contributed by atoms with Crippen LogP contribution >= 0.6 is 58.8 Å². The summed E-state index contributed by atoms with van der Waals surface area (Å²) in [6.45, 7) is 13.4. The minimum atomic E-state index is -1.31. The summed E-state index contributed by atoms with van der Waals surface area (Å²) in [4.78, 5) is 95.4. The minimum Gasteiger partial charge on any atom is -0.481 e. The summed E-state index contributed by atoms with van der Waals surface area (Å²) in [7, 11) is 0. The standard InChI is InChI=1S/C33H38Cl2FN3O4.C24H24Cl2FN3O3.C8H15NO2.ClH/c1-4-22(40)24-7-5-18(17-43-24)15-23(41)20-16-32(12-10-31(2,3)11-13-32)33(26(20)19-9-14-37-28(35)27(19)36)21-6-8-25(34)38-29(21)39-30(33)42;1-22(2)6-8-23(9-7-22)11-13(20(31)32)16(12-5-10-28-18(26)17(12)27)24(23)14-3-4-15(25)29-19(14)30-21(24)33;1-2-7(10)8-4-3-6(9)5-11-8;/h6,8-9,14,18,20,24,26H,4-5,7,10-13,15-17H2,1-3H3,(H,38,39,42);3-5,10,13,16H,6-9,11H2,1-2H3,(H,31,32)(H,29,30,33);6,8H,2-5,9H2,1H3;1H/t18-,20-,24-,26-,33+;13-,16+,24-;6-,8+;/m011./s1. The van der Waals surface area contributed by atoms with E-state index in [9.17, 15) is 33.9 Å². The van der Waals surface area contributed by atoms with Crippen molar-refractivity contribution in [1.29, 1.82) is 0 Å². The Hall–Kier alpha value is -4.79. The predicted octanol–water partition coefficient (Wildman–Crippen LogP) is 13.7. The Morgan fingerprint density at radius 1 is 0.614 bits per heavy atom. The summed E-state index contributed by atoms with van der Waals surface area (Å²) in [5.74, 6) is -5.69. The highest BCUT2D eigenvalue weighted by atomic mass is 35.5. The number of nitrogens with one attached hydrogen (secondary N) is 2. The van der Waals surface area contributed by atoms with Crippen LogP contribution in [0.4, 0.5) is 20.4 Å². The maximum Gasteiger partial charge on any atom is 0.307 e. The fourth-order valence-electron chi connectivity index (χ4n) is 16.6. The van der Waals surface area contributed by atoms with E-state index in [-0.39, 0.29) is 115 Å². The maximum atomic E-state index is 16.1. The zero-order valence-corrected chi connectivity index (χ0v) is 54.3. The number of rotatable bonds is 10. The number of hydrogen-bond donors (Lipinski definition) is 4. The number of Topliss-reactive ketones (excluding diaryl/α,β-unsaturated/α-hetero) is 3. The van der Waals surface area contributed by atoms with Crippen LogP contribution < -0.4 is 16.4 Å². The molecule has 0 aromatic carbocycles.